The molecule has 0 saturated carbocycles. The molecule has 1 aliphatic heterocycles. The summed E-state index contributed by atoms with van der Waals surface area (Å²) in [7, 11) is 1.55. The van der Waals surface area contributed by atoms with Crippen LogP contribution in [0.4, 0.5) is 5.69 Å². The molecule has 0 unspecified atom stereocenters. The van der Waals surface area contributed by atoms with Crippen LogP contribution >= 0.6 is 11.3 Å². The number of thiazole rings is 1. The minimum Gasteiger partial charge on any atom is -0.497 e. The van der Waals surface area contributed by atoms with E-state index in [-0.39, 0.29) is 11.8 Å². The molecule has 0 aliphatic carbocycles. The van der Waals surface area contributed by atoms with Crippen LogP contribution in [0.15, 0.2) is 66.7 Å². The highest BCUT2D eigenvalue weighted by atomic mass is 32.1. The van der Waals surface area contributed by atoms with Crippen LogP contribution in [0.3, 0.4) is 0 Å². The number of methoxy groups -OCH3 is 1. The number of ether oxygens (including phenoxy) is 1. The second kappa shape index (κ2) is 6.28. The summed E-state index contributed by atoms with van der Waals surface area (Å²) in [6, 6.07) is 20.1. The molecule has 1 aromatic heterocycles. The molecule has 0 radical (unpaired) electrons. The third kappa shape index (κ3) is 2.50. The number of carbonyl (C=O) groups is 2. The van der Waals surface area contributed by atoms with Gasteiger partial charge in [0.25, 0.3) is 11.8 Å². The van der Waals surface area contributed by atoms with Gasteiger partial charge in [-0.1, -0.05) is 24.3 Å². The van der Waals surface area contributed by atoms with Gasteiger partial charge >= 0.3 is 0 Å². The highest BCUT2D eigenvalue weighted by molar-refractivity contribution is 7.21. The number of aromatic nitrogens is 1. The van der Waals surface area contributed by atoms with E-state index in [0.29, 0.717) is 22.6 Å². The molecule has 3 aromatic carbocycles. The first-order valence-corrected chi connectivity index (χ1v) is 9.50. The van der Waals surface area contributed by atoms with Crippen LogP contribution in [0.1, 0.15) is 20.7 Å². The van der Waals surface area contributed by atoms with Gasteiger partial charge in [-0.3, -0.25) is 9.59 Å². The molecule has 28 heavy (non-hydrogen) atoms. The molecule has 0 atom stereocenters. The Labute approximate surface area is 164 Å². The van der Waals surface area contributed by atoms with E-state index in [1.54, 1.807) is 54.8 Å². The van der Waals surface area contributed by atoms with E-state index in [1.807, 2.05) is 30.3 Å². The smallest absolute Gasteiger partial charge is 0.266 e. The highest BCUT2D eigenvalue weighted by Gasteiger charge is 2.37. The molecule has 6 heteroatoms. The summed E-state index contributed by atoms with van der Waals surface area (Å²) in [5.41, 5.74) is 3.03. The fourth-order valence-electron chi connectivity index (χ4n) is 3.35. The van der Waals surface area contributed by atoms with Crippen LogP contribution in [0.5, 0.6) is 5.75 Å². The number of carbonyl (C=O) groups excluding carboxylic acids is 2. The number of imide groups is 1. The average Bonchev–Trinajstić information content (AvgIpc) is 3.27. The number of anilines is 1. The van der Waals surface area contributed by atoms with Gasteiger partial charge in [-0.25, -0.2) is 9.88 Å². The van der Waals surface area contributed by atoms with Crippen molar-refractivity contribution < 1.29 is 14.3 Å². The predicted octanol–water partition coefficient (Wildman–Crippen LogP) is 4.77. The summed E-state index contributed by atoms with van der Waals surface area (Å²) in [5, 5.41) is 0.823. The normalized spacial score (nSPS) is 13.2. The predicted molar refractivity (Wildman–Crippen MR) is 109 cm³/mol. The number of amides is 2. The molecule has 5 nitrogen and oxygen atoms in total. The molecular weight excluding hydrogens is 372 g/mol. The van der Waals surface area contributed by atoms with E-state index in [0.717, 1.165) is 20.8 Å². The van der Waals surface area contributed by atoms with Crippen molar-refractivity contribution in [1.82, 2.24) is 4.98 Å². The molecule has 0 bridgehead atoms. The quantitative estimate of drug-likeness (QED) is 0.476. The Balaban J connectivity index is 1.57. The first-order chi connectivity index (χ1) is 13.7. The number of hydrogen-bond acceptors (Lipinski definition) is 5. The lowest BCUT2D eigenvalue weighted by Crippen LogP contribution is -2.29. The lowest BCUT2D eigenvalue weighted by Gasteiger charge is -2.14. The van der Waals surface area contributed by atoms with E-state index in [1.165, 1.54) is 4.90 Å². The molecule has 2 amide bonds. The minimum atomic E-state index is -0.337. The molecule has 2 heterocycles. The summed E-state index contributed by atoms with van der Waals surface area (Å²) < 4.78 is 6.29. The van der Waals surface area contributed by atoms with Gasteiger partial charge < -0.3 is 4.74 Å². The average molecular weight is 386 g/mol. The Morgan fingerprint density at radius 3 is 2.54 bits per heavy atom. The van der Waals surface area contributed by atoms with Crippen LogP contribution in [-0.4, -0.2) is 23.9 Å². The maximum absolute atomic E-state index is 13.0. The maximum Gasteiger partial charge on any atom is 0.266 e. The summed E-state index contributed by atoms with van der Waals surface area (Å²) in [6.45, 7) is 0. The van der Waals surface area contributed by atoms with Crippen molar-refractivity contribution in [3.8, 4) is 16.3 Å². The highest BCUT2D eigenvalue weighted by Crippen LogP contribution is 2.35. The van der Waals surface area contributed by atoms with Gasteiger partial charge in [0.1, 0.15) is 10.8 Å². The van der Waals surface area contributed by atoms with Crippen molar-refractivity contribution in [2.24, 2.45) is 0 Å². The van der Waals surface area contributed by atoms with Crippen molar-refractivity contribution >= 4 is 39.1 Å². The van der Waals surface area contributed by atoms with Crippen molar-refractivity contribution in [3.05, 3.63) is 77.9 Å². The van der Waals surface area contributed by atoms with Crippen molar-refractivity contribution in [2.75, 3.05) is 12.0 Å². The van der Waals surface area contributed by atoms with Gasteiger partial charge in [-0.15, -0.1) is 11.3 Å². The monoisotopic (exact) mass is 386 g/mol. The molecule has 0 N–H and O–H groups in total. The number of para-hydroxylation sites is 1. The summed E-state index contributed by atoms with van der Waals surface area (Å²) in [6.07, 6.45) is 0. The number of fused-ring (bicyclic) bond motifs is 2. The van der Waals surface area contributed by atoms with Gasteiger partial charge in [-0.05, 0) is 36.4 Å². The largest absolute Gasteiger partial charge is 0.497 e. The first-order valence-electron chi connectivity index (χ1n) is 8.68. The van der Waals surface area contributed by atoms with Crippen molar-refractivity contribution in [1.29, 1.82) is 0 Å². The van der Waals surface area contributed by atoms with Crippen molar-refractivity contribution in [3.63, 3.8) is 0 Å². The molecule has 5 rings (SSSR count). The standard InChI is InChI=1S/C22H14N2O3S/c1-27-15-6-4-5-14(12-15)24-21(25)16-10-9-13(11-17(16)22(24)26)20-23-18-7-2-3-8-19(18)28-20/h2-12H,1H3. The minimum absolute atomic E-state index is 0.330. The zero-order valence-corrected chi connectivity index (χ0v) is 15.7. The topological polar surface area (TPSA) is 59.5 Å². The lowest BCUT2D eigenvalue weighted by atomic mass is 10.1. The Hall–Kier alpha value is -3.51. The third-order valence-corrected chi connectivity index (χ3v) is 5.82. The van der Waals surface area contributed by atoms with E-state index < -0.39 is 0 Å². The van der Waals surface area contributed by atoms with Gasteiger partial charge in [0, 0.05) is 11.6 Å². The zero-order valence-electron chi connectivity index (χ0n) is 14.9. The van der Waals surface area contributed by atoms with Gasteiger partial charge in [0.05, 0.1) is 34.1 Å². The van der Waals surface area contributed by atoms with Crippen LogP contribution in [-0.2, 0) is 0 Å². The second-order valence-corrected chi connectivity index (χ2v) is 7.42. The number of benzene rings is 3. The number of rotatable bonds is 3. The SMILES string of the molecule is COc1cccc(N2C(=O)c3ccc(-c4nc5ccccc5s4)cc3C2=O)c1. The van der Waals surface area contributed by atoms with E-state index in [4.69, 9.17) is 4.74 Å². The van der Waals surface area contributed by atoms with E-state index >= 15 is 0 Å². The molecule has 0 saturated heterocycles. The van der Waals surface area contributed by atoms with E-state index in [9.17, 15) is 9.59 Å². The zero-order chi connectivity index (χ0) is 19.3. The maximum atomic E-state index is 13.0. The number of nitrogens with zero attached hydrogens (tertiary/aromatic N) is 2. The lowest BCUT2D eigenvalue weighted by molar-refractivity contribution is 0.0926. The molecule has 4 aromatic rings. The summed E-state index contributed by atoms with van der Waals surface area (Å²) in [4.78, 5) is 31.7. The molecule has 1 aliphatic rings. The van der Waals surface area contributed by atoms with Crippen LogP contribution < -0.4 is 9.64 Å². The Morgan fingerprint density at radius 2 is 1.71 bits per heavy atom. The molecule has 136 valence electrons. The summed E-state index contributed by atoms with van der Waals surface area (Å²) >= 11 is 1.56. The molecular formula is C22H14N2O3S. The first kappa shape index (κ1) is 16.6. The Bertz CT molecular complexity index is 1230. The molecule has 0 fully saturated rings. The van der Waals surface area contributed by atoms with Crippen LogP contribution in [0.2, 0.25) is 0 Å². The Kier molecular flexibility index (Phi) is 3.74. The van der Waals surface area contributed by atoms with Gasteiger partial charge in [-0.2, -0.15) is 0 Å². The van der Waals surface area contributed by atoms with Crippen LogP contribution in [0, 0.1) is 0 Å². The van der Waals surface area contributed by atoms with Gasteiger partial charge in [0.2, 0.25) is 0 Å². The van der Waals surface area contributed by atoms with E-state index in [2.05, 4.69) is 4.98 Å². The Morgan fingerprint density at radius 1 is 0.893 bits per heavy atom. The van der Waals surface area contributed by atoms with Gasteiger partial charge in [0.15, 0.2) is 0 Å². The number of hydrogen-bond donors (Lipinski definition) is 0. The third-order valence-electron chi connectivity index (χ3n) is 4.74. The van der Waals surface area contributed by atoms with Crippen molar-refractivity contribution in [2.45, 2.75) is 0 Å². The molecule has 0 spiro atoms. The van der Waals surface area contributed by atoms with Crippen LogP contribution in [0.25, 0.3) is 20.8 Å². The summed E-state index contributed by atoms with van der Waals surface area (Å²) in [5.74, 6) is -0.0791. The fraction of sp³-hybridized carbons (Fsp3) is 0.0455. The second-order valence-electron chi connectivity index (χ2n) is 6.39. The fourth-order valence-corrected chi connectivity index (χ4v) is 4.32.